The number of aromatic hydroxyl groups is 1. The van der Waals surface area contributed by atoms with Gasteiger partial charge in [-0.25, -0.2) is 4.90 Å². The summed E-state index contributed by atoms with van der Waals surface area (Å²) in [6.07, 6.45) is 0. The summed E-state index contributed by atoms with van der Waals surface area (Å²) in [5, 5.41) is 23.8. The molecule has 0 aromatic heterocycles. The van der Waals surface area contributed by atoms with Crippen LogP contribution in [0.5, 0.6) is 5.75 Å². The predicted molar refractivity (Wildman–Crippen MR) is 106 cm³/mol. The number of carbonyl (C=O) groups excluding carboxylic acids is 2. The largest absolute Gasteiger partial charge is 0.508 e. The van der Waals surface area contributed by atoms with E-state index in [4.69, 9.17) is 23.2 Å². The number of carbonyl (C=O) groups is 3. The van der Waals surface area contributed by atoms with Crippen molar-refractivity contribution in [1.29, 1.82) is 0 Å². The van der Waals surface area contributed by atoms with Crippen molar-refractivity contribution in [3.8, 4) is 5.75 Å². The Balaban J connectivity index is 1.85. The monoisotopic (exact) mass is 434 g/mol. The first-order valence-corrected chi connectivity index (χ1v) is 9.53. The van der Waals surface area contributed by atoms with Crippen molar-refractivity contribution in [3.63, 3.8) is 0 Å². The molecule has 2 heterocycles. The molecule has 4 rings (SSSR count). The number of phenols is 1. The molecule has 2 aliphatic rings. The minimum absolute atomic E-state index is 0.148. The highest BCUT2D eigenvalue weighted by Crippen LogP contribution is 2.51. The molecule has 9 heteroatoms. The number of hydrogen-bond acceptors (Lipinski definition) is 5. The third-order valence-corrected chi connectivity index (χ3v) is 6.13. The number of rotatable bonds is 3. The molecule has 0 saturated carbocycles. The van der Waals surface area contributed by atoms with Gasteiger partial charge in [0.05, 0.1) is 17.5 Å². The normalized spacial score (nSPS) is 28.7. The Kier molecular flexibility index (Phi) is 4.57. The lowest BCUT2D eigenvalue weighted by Crippen LogP contribution is -2.53. The molecule has 2 saturated heterocycles. The van der Waals surface area contributed by atoms with Gasteiger partial charge in [0.25, 0.3) is 0 Å². The summed E-state index contributed by atoms with van der Waals surface area (Å²) in [5.74, 6) is -4.77. The molecule has 2 fully saturated rings. The Morgan fingerprint density at radius 3 is 2.31 bits per heavy atom. The Hall–Kier alpha value is -2.61. The molecule has 0 radical (unpaired) electrons. The summed E-state index contributed by atoms with van der Waals surface area (Å²) in [4.78, 5) is 39.6. The van der Waals surface area contributed by atoms with E-state index in [1.165, 1.54) is 37.3 Å². The van der Waals surface area contributed by atoms with Crippen LogP contribution >= 0.6 is 23.2 Å². The van der Waals surface area contributed by atoms with E-state index in [-0.39, 0.29) is 11.3 Å². The third kappa shape index (κ3) is 2.88. The fourth-order valence-corrected chi connectivity index (χ4v) is 4.53. The van der Waals surface area contributed by atoms with Gasteiger partial charge in [-0.15, -0.1) is 0 Å². The lowest BCUT2D eigenvalue weighted by atomic mass is 9.80. The van der Waals surface area contributed by atoms with Gasteiger partial charge < -0.3 is 10.2 Å². The van der Waals surface area contributed by atoms with E-state index in [2.05, 4.69) is 5.32 Å². The molecule has 0 bridgehead atoms. The topological polar surface area (TPSA) is 107 Å². The summed E-state index contributed by atoms with van der Waals surface area (Å²) in [5.41, 5.74) is -1.14. The van der Waals surface area contributed by atoms with E-state index >= 15 is 0 Å². The molecule has 150 valence electrons. The third-order valence-electron chi connectivity index (χ3n) is 5.64. The van der Waals surface area contributed by atoms with E-state index < -0.39 is 41.2 Å². The zero-order chi connectivity index (χ0) is 21.1. The van der Waals surface area contributed by atoms with E-state index in [1.54, 1.807) is 12.1 Å². The van der Waals surface area contributed by atoms with Gasteiger partial charge >= 0.3 is 5.97 Å². The Bertz CT molecular complexity index is 1040. The van der Waals surface area contributed by atoms with Gasteiger partial charge in [0.2, 0.25) is 11.8 Å². The molecule has 2 aliphatic heterocycles. The summed E-state index contributed by atoms with van der Waals surface area (Å²) in [6.45, 7) is 1.37. The minimum atomic E-state index is -1.71. The molecule has 7 nitrogen and oxygen atoms in total. The maximum atomic E-state index is 13.3. The number of anilines is 1. The van der Waals surface area contributed by atoms with Gasteiger partial charge in [-0.3, -0.25) is 19.7 Å². The zero-order valence-electron chi connectivity index (χ0n) is 15.1. The molecule has 2 aromatic carbocycles. The molecule has 29 heavy (non-hydrogen) atoms. The van der Waals surface area contributed by atoms with Crippen LogP contribution in [0.2, 0.25) is 10.0 Å². The first kappa shape index (κ1) is 19.7. The van der Waals surface area contributed by atoms with Crippen molar-refractivity contribution in [2.45, 2.75) is 18.5 Å². The Morgan fingerprint density at radius 2 is 1.69 bits per heavy atom. The van der Waals surface area contributed by atoms with Gasteiger partial charge in [0.15, 0.2) is 0 Å². The zero-order valence-corrected chi connectivity index (χ0v) is 16.6. The van der Waals surface area contributed by atoms with Crippen LogP contribution in [-0.2, 0) is 14.4 Å². The number of aliphatic carboxylic acids is 1. The van der Waals surface area contributed by atoms with Crippen molar-refractivity contribution in [2.24, 2.45) is 11.8 Å². The number of halogens is 2. The smallest absolute Gasteiger partial charge is 0.324 e. The molecule has 2 aromatic rings. The minimum Gasteiger partial charge on any atom is -0.508 e. The molecular formula is C20H16Cl2N2O5. The van der Waals surface area contributed by atoms with Gasteiger partial charge in [0, 0.05) is 21.7 Å². The number of benzene rings is 2. The van der Waals surface area contributed by atoms with Crippen LogP contribution in [0.25, 0.3) is 0 Å². The lowest BCUT2D eigenvalue weighted by Gasteiger charge is -2.27. The van der Waals surface area contributed by atoms with E-state index in [0.717, 1.165) is 4.90 Å². The Labute approximate surface area is 175 Å². The van der Waals surface area contributed by atoms with Crippen molar-refractivity contribution >= 4 is 46.7 Å². The number of nitrogens with zero attached hydrogens (tertiary/aromatic N) is 1. The van der Waals surface area contributed by atoms with Crippen LogP contribution in [0.4, 0.5) is 5.69 Å². The molecular weight excluding hydrogens is 419 g/mol. The summed E-state index contributed by atoms with van der Waals surface area (Å²) >= 11 is 11.9. The quantitative estimate of drug-likeness (QED) is 0.640. The van der Waals surface area contributed by atoms with Crippen LogP contribution in [0.15, 0.2) is 42.5 Å². The van der Waals surface area contributed by atoms with Crippen molar-refractivity contribution < 1.29 is 24.6 Å². The predicted octanol–water partition coefficient (Wildman–Crippen LogP) is 2.99. The van der Waals surface area contributed by atoms with Crippen LogP contribution in [0, 0.1) is 11.8 Å². The van der Waals surface area contributed by atoms with E-state index in [0.29, 0.717) is 15.7 Å². The van der Waals surface area contributed by atoms with Crippen molar-refractivity contribution in [3.05, 3.63) is 58.1 Å². The summed E-state index contributed by atoms with van der Waals surface area (Å²) < 4.78 is 0. The number of amides is 2. The second-order valence-corrected chi connectivity index (χ2v) is 8.20. The standard InChI is InChI=1S/C20H16Cl2N2O5/c1-20(19(28)29)15-14(16(23-20)12-8-10(22)4-7-13(12)25)17(26)24(18(15)27)11-5-2-9(21)3-6-11/h2-8,14-16,23,25H,1H3,(H,28,29). The number of carboxylic acids is 1. The number of phenolic OH excluding ortho intramolecular Hbond substituents is 1. The van der Waals surface area contributed by atoms with Crippen molar-refractivity contribution in [2.75, 3.05) is 4.90 Å². The maximum Gasteiger partial charge on any atom is 0.324 e. The first-order valence-electron chi connectivity index (χ1n) is 8.78. The molecule has 2 amide bonds. The average molecular weight is 435 g/mol. The highest BCUT2D eigenvalue weighted by Gasteiger charge is 2.67. The number of imide groups is 1. The number of fused-ring (bicyclic) bond motifs is 1. The van der Waals surface area contributed by atoms with Crippen LogP contribution < -0.4 is 10.2 Å². The van der Waals surface area contributed by atoms with E-state index in [1.807, 2.05) is 0 Å². The number of carboxylic acid groups (broad SMARTS) is 1. The fourth-order valence-electron chi connectivity index (χ4n) is 4.22. The Morgan fingerprint density at radius 1 is 1.07 bits per heavy atom. The molecule has 0 aliphatic carbocycles. The SMILES string of the molecule is CC1(C(=O)O)NC(c2cc(Cl)ccc2O)C2C(=O)N(c3ccc(Cl)cc3)C(=O)C21. The molecule has 3 N–H and O–H groups in total. The second kappa shape index (κ2) is 6.73. The van der Waals surface area contributed by atoms with Gasteiger partial charge in [0.1, 0.15) is 11.3 Å². The summed E-state index contributed by atoms with van der Waals surface area (Å²) in [7, 11) is 0. The molecule has 4 unspecified atom stereocenters. The maximum absolute atomic E-state index is 13.3. The second-order valence-electron chi connectivity index (χ2n) is 7.32. The van der Waals surface area contributed by atoms with Crippen LogP contribution in [0.1, 0.15) is 18.5 Å². The van der Waals surface area contributed by atoms with Crippen molar-refractivity contribution in [1.82, 2.24) is 5.32 Å². The highest BCUT2D eigenvalue weighted by atomic mass is 35.5. The van der Waals surface area contributed by atoms with E-state index in [9.17, 15) is 24.6 Å². The first-order chi connectivity index (χ1) is 13.6. The number of nitrogens with one attached hydrogen (secondary N) is 1. The van der Waals surface area contributed by atoms with Gasteiger partial charge in [-0.2, -0.15) is 0 Å². The summed E-state index contributed by atoms with van der Waals surface area (Å²) in [6, 6.07) is 9.53. The number of hydrogen-bond donors (Lipinski definition) is 3. The van der Waals surface area contributed by atoms with Crippen LogP contribution in [0.3, 0.4) is 0 Å². The van der Waals surface area contributed by atoms with Gasteiger partial charge in [-0.05, 0) is 49.4 Å². The highest BCUT2D eigenvalue weighted by molar-refractivity contribution is 6.31. The fraction of sp³-hybridized carbons (Fsp3) is 0.250. The average Bonchev–Trinajstić information content (AvgIpc) is 3.13. The lowest BCUT2D eigenvalue weighted by molar-refractivity contribution is -0.147. The van der Waals surface area contributed by atoms with Crippen LogP contribution in [-0.4, -0.2) is 33.5 Å². The van der Waals surface area contributed by atoms with Gasteiger partial charge in [-0.1, -0.05) is 23.2 Å². The molecule has 0 spiro atoms. The molecule has 4 atom stereocenters.